The molecular weight excluding hydrogens is 245 g/mol. The van der Waals surface area contributed by atoms with Crippen LogP contribution in [0.3, 0.4) is 0 Å². The van der Waals surface area contributed by atoms with Crippen molar-refractivity contribution in [2.45, 2.75) is 19.5 Å². The molecule has 5 heteroatoms. The van der Waals surface area contributed by atoms with Crippen molar-refractivity contribution in [3.05, 3.63) is 47.5 Å². The van der Waals surface area contributed by atoms with E-state index in [1.807, 2.05) is 32.4 Å². The number of benzene rings is 1. The number of ether oxygens (including phenoxy) is 1. The third-order valence-electron chi connectivity index (χ3n) is 3.05. The van der Waals surface area contributed by atoms with Crippen LogP contribution in [0.4, 0.5) is 4.39 Å². The van der Waals surface area contributed by atoms with E-state index in [9.17, 15) is 4.39 Å². The van der Waals surface area contributed by atoms with E-state index in [1.54, 1.807) is 10.7 Å². The molecule has 0 bridgehead atoms. The third-order valence-corrected chi connectivity index (χ3v) is 3.05. The molecule has 4 nitrogen and oxygen atoms in total. The molecule has 0 radical (unpaired) electrons. The second-order valence-electron chi connectivity index (χ2n) is 4.52. The number of methoxy groups -OCH3 is 1. The number of aromatic nitrogens is 2. The number of nitrogens with one attached hydrogen (secondary N) is 1. The maximum absolute atomic E-state index is 13.6. The first-order valence-corrected chi connectivity index (χ1v) is 6.14. The molecule has 102 valence electrons. The van der Waals surface area contributed by atoms with Gasteiger partial charge in [-0.05, 0) is 24.6 Å². The zero-order valence-electron chi connectivity index (χ0n) is 11.4. The molecule has 1 aromatic carbocycles. The lowest BCUT2D eigenvalue weighted by Gasteiger charge is -2.14. The van der Waals surface area contributed by atoms with Crippen LogP contribution < -0.4 is 10.1 Å². The highest BCUT2D eigenvalue weighted by atomic mass is 19.1. The Labute approximate surface area is 112 Å². The average molecular weight is 263 g/mol. The van der Waals surface area contributed by atoms with Crippen molar-refractivity contribution in [1.29, 1.82) is 0 Å². The number of aryl methyl sites for hydroxylation is 1. The van der Waals surface area contributed by atoms with Crippen molar-refractivity contribution in [3.63, 3.8) is 0 Å². The van der Waals surface area contributed by atoms with Gasteiger partial charge >= 0.3 is 0 Å². The van der Waals surface area contributed by atoms with Gasteiger partial charge in [0.2, 0.25) is 0 Å². The van der Waals surface area contributed by atoms with Gasteiger partial charge < -0.3 is 10.1 Å². The van der Waals surface area contributed by atoms with Gasteiger partial charge in [0.25, 0.3) is 0 Å². The van der Waals surface area contributed by atoms with Crippen LogP contribution in [0.5, 0.6) is 5.75 Å². The Kier molecular flexibility index (Phi) is 4.16. The van der Waals surface area contributed by atoms with E-state index >= 15 is 0 Å². The third kappa shape index (κ3) is 3.32. The molecule has 1 heterocycles. The Hall–Kier alpha value is -1.88. The first-order chi connectivity index (χ1) is 9.10. The number of hydrogen-bond donors (Lipinski definition) is 1. The second-order valence-corrected chi connectivity index (χ2v) is 4.52. The lowest BCUT2D eigenvalue weighted by Crippen LogP contribution is -2.18. The summed E-state index contributed by atoms with van der Waals surface area (Å²) >= 11 is 0. The standard InChI is InChI=1S/C14H18FN3O/c1-10(16-7-11-8-17-18(2)9-11)12-4-5-14(19-3)13(15)6-12/h4-6,8-10,16H,7H2,1-3H3. The zero-order valence-corrected chi connectivity index (χ0v) is 11.4. The van der Waals surface area contributed by atoms with Crippen molar-refractivity contribution >= 4 is 0 Å². The van der Waals surface area contributed by atoms with Gasteiger partial charge in [-0.25, -0.2) is 4.39 Å². The van der Waals surface area contributed by atoms with Gasteiger partial charge in [0, 0.05) is 31.4 Å². The van der Waals surface area contributed by atoms with Crippen molar-refractivity contribution < 1.29 is 9.13 Å². The monoisotopic (exact) mass is 263 g/mol. The molecule has 0 aliphatic carbocycles. The Bertz CT molecular complexity index is 553. The SMILES string of the molecule is COc1ccc(C(C)NCc2cnn(C)c2)cc1F. The minimum absolute atomic E-state index is 0.0561. The topological polar surface area (TPSA) is 39.1 Å². The summed E-state index contributed by atoms with van der Waals surface area (Å²) in [5.74, 6) is -0.0711. The summed E-state index contributed by atoms with van der Waals surface area (Å²) in [5, 5.41) is 7.44. The molecule has 1 N–H and O–H groups in total. The van der Waals surface area contributed by atoms with E-state index in [0.717, 1.165) is 11.1 Å². The van der Waals surface area contributed by atoms with E-state index in [0.29, 0.717) is 6.54 Å². The second kappa shape index (κ2) is 5.84. The van der Waals surface area contributed by atoms with E-state index in [4.69, 9.17) is 4.74 Å². The Morgan fingerprint density at radius 3 is 2.84 bits per heavy atom. The number of hydrogen-bond acceptors (Lipinski definition) is 3. The molecule has 0 spiro atoms. The summed E-state index contributed by atoms with van der Waals surface area (Å²) in [6.07, 6.45) is 3.77. The van der Waals surface area contributed by atoms with Crippen LogP contribution in [-0.4, -0.2) is 16.9 Å². The summed E-state index contributed by atoms with van der Waals surface area (Å²) in [6, 6.07) is 5.07. The van der Waals surface area contributed by atoms with E-state index in [2.05, 4.69) is 10.4 Å². The van der Waals surface area contributed by atoms with Crippen LogP contribution in [0.1, 0.15) is 24.1 Å². The van der Waals surface area contributed by atoms with Crippen LogP contribution in [0.2, 0.25) is 0 Å². The fraction of sp³-hybridized carbons (Fsp3) is 0.357. The molecule has 0 saturated heterocycles. The number of nitrogens with zero attached hydrogens (tertiary/aromatic N) is 2. The summed E-state index contributed by atoms with van der Waals surface area (Å²) in [6.45, 7) is 2.69. The number of halogens is 1. The van der Waals surface area contributed by atoms with Crippen molar-refractivity contribution in [2.24, 2.45) is 7.05 Å². The van der Waals surface area contributed by atoms with E-state index < -0.39 is 0 Å². The Morgan fingerprint density at radius 2 is 2.26 bits per heavy atom. The molecule has 0 amide bonds. The highest BCUT2D eigenvalue weighted by Crippen LogP contribution is 2.21. The normalized spacial score (nSPS) is 12.4. The Balaban J connectivity index is 1.99. The molecule has 19 heavy (non-hydrogen) atoms. The summed E-state index contributed by atoms with van der Waals surface area (Å²) < 4.78 is 20.3. The highest BCUT2D eigenvalue weighted by Gasteiger charge is 2.09. The first-order valence-electron chi connectivity index (χ1n) is 6.14. The van der Waals surface area contributed by atoms with E-state index in [-0.39, 0.29) is 17.6 Å². The molecule has 2 rings (SSSR count). The van der Waals surface area contributed by atoms with E-state index in [1.165, 1.54) is 13.2 Å². The largest absolute Gasteiger partial charge is 0.494 e. The average Bonchev–Trinajstić information content (AvgIpc) is 2.81. The minimum atomic E-state index is -0.338. The summed E-state index contributed by atoms with van der Waals surface area (Å²) in [5.41, 5.74) is 1.99. The van der Waals surface area contributed by atoms with Crippen molar-refractivity contribution in [1.82, 2.24) is 15.1 Å². The van der Waals surface area contributed by atoms with Crippen LogP contribution >= 0.6 is 0 Å². The molecule has 0 aliphatic heterocycles. The van der Waals surface area contributed by atoms with Crippen LogP contribution in [0.25, 0.3) is 0 Å². The highest BCUT2D eigenvalue weighted by molar-refractivity contribution is 5.30. The first kappa shape index (κ1) is 13.5. The lowest BCUT2D eigenvalue weighted by molar-refractivity contribution is 0.385. The molecule has 2 aromatic rings. The maximum atomic E-state index is 13.6. The predicted octanol–water partition coefficient (Wildman–Crippen LogP) is 2.42. The summed E-state index contributed by atoms with van der Waals surface area (Å²) in [7, 11) is 3.34. The van der Waals surface area contributed by atoms with Crippen LogP contribution in [-0.2, 0) is 13.6 Å². The zero-order chi connectivity index (χ0) is 13.8. The molecular formula is C14H18FN3O. The molecule has 0 aliphatic rings. The summed E-state index contributed by atoms with van der Waals surface area (Å²) in [4.78, 5) is 0. The molecule has 0 fully saturated rings. The predicted molar refractivity (Wildman–Crippen MR) is 71.4 cm³/mol. The smallest absolute Gasteiger partial charge is 0.165 e. The van der Waals surface area contributed by atoms with Gasteiger partial charge in [0.1, 0.15) is 0 Å². The number of rotatable bonds is 5. The molecule has 1 unspecified atom stereocenters. The van der Waals surface area contributed by atoms with Gasteiger partial charge in [-0.2, -0.15) is 5.10 Å². The van der Waals surface area contributed by atoms with Crippen LogP contribution in [0, 0.1) is 5.82 Å². The van der Waals surface area contributed by atoms with Gasteiger partial charge in [0.15, 0.2) is 11.6 Å². The molecule has 1 atom stereocenters. The van der Waals surface area contributed by atoms with Gasteiger partial charge in [-0.3, -0.25) is 4.68 Å². The fourth-order valence-corrected chi connectivity index (χ4v) is 1.90. The molecule has 0 saturated carbocycles. The minimum Gasteiger partial charge on any atom is -0.494 e. The van der Waals surface area contributed by atoms with Gasteiger partial charge in [0.05, 0.1) is 13.3 Å². The van der Waals surface area contributed by atoms with Crippen molar-refractivity contribution in [2.75, 3.05) is 7.11 Å². The lowest BCUT2D eigenvalue weighted by atomic mass is 10.1. The van der Waals surface area contributed by atoms with Gasteiger partial charge in [-0.15, -0.1) is 0 Å². The maximum Gasteiger partial charge on any atom is 0.165 e. The molecule has 1 aromatic heterocycles. The quantitative estimate of drug-likeness (QED) is 0.900. The van der Waals surface area contributed by atoms with Crippen molar-refractivity contribution in [3.8, 4) is 5.75 Å². The van der Waals surface area contributed by atoms with Crippen LogP contribution in [0.15, 0.2) is 30.6 Å². The Morgan fingerprint density at radius 1 is 1.47 bits per heavy atom. The fourth-order valence-electron chi connectivity index (χ4n) is 1.90. The van der Waals surface area contributed by atoms with Gasteiger partial charge in [-0.1, -0.05) is 6.07 Å².